The minimum Gasteiger partial charge on any atom is -0.478 e. The number of hydrogen-bond acceptors (Lipinski definition) is 7. The number of carboxylic acid groups (broad SMARTS) is 1. The number of hydrazone groups is 1. The van der Waals surface area contributed by atoms with Crippen LogP contribution in [0.3, 0.4) is 0 Å². The van der Waals surface area contributed by atoms with Gasteiger partial charge in [-0.15, -0.1) is 10.6 Å². The number of para-hydroxylation sites is 1. The number of aromatic carboxylic acids is 1. The highest BCUT2D eigenvalue weighted by Gasteiger charge is 2.25. The molecule has 1 aliphatic heterocycles. The Balaban J connectivity index is 1.32. The largest absolute Gasteiger partial charge is 0.478 e. The summed E-state index contributed by atoms with van der Waals surface area (Å²) >= 11 is 0. The van der Waals surface area contributed by atoms with Crippen LogP contribution in [0.1, 0.15) is 34.0 Å². The number of ether oxygens (including phenoxy) is 1. The van der Waals surface area contributed by atoms with Gasteiger partial charge < -0.3 is 9.84 Å². The van der Waals surface area contributed by atoms with E-state index in [1.165, 1.54) is 5.56 Å². The summed E-state index contributed by atoms with van der Waals surface area (Å²) in [5.74, 6) is -0.161. The maximum atomic E-state index is 12.0. The van der Waals surface area contributed by atoms with Crippen molar-refractivity contribution in [2.45, 2.75) is 20.0 Å². The fourth-order valence-corrected chi connectivity index (χ4v) is 5.14. The minimum atomic E-state index is -0.997. The summed E-state index contributed by atoms with van der Waals surface area (Å²) in [5, 5.41) is 18.3. The van der Waals surface area contributed by atoms with Gasteiger partial charge in [0.2, 0.25) is 0 Å². The van der Waals surface area contributed by atoms with Gasteiger partial charge in [0.25, 0.3) is 6.01 Å². The fourth-order valence-electron chi connectivity index (χ4n) is 5.14. The monoisotopic (exact) mass is 546 g/mol. The molecule has 4 aromatic carbocycles. The molecule has 9 nitrogen and oxygen atoms in total. The van der Waals surface area contributed by atoms with Gasteiger partial charge in [0.15, 0.2) is 5.84 Å². The number of aromatic nitrogens is 2. The standard InChI is InChI=1S/C32H30N6O3/c1-3-41-32-33-28-15-9-14-27(31(39)40)29(28)37(32)20-23-16-18-24(19-17-23)25-12-7-8-13-26(25)30-34-36(2)35-38(30)21-22-10-5-4-6-11-22/h4-19,35H,3,20-21H2,1-2H3,(H,39,40). The normalized spacial score (nSPS) is 13.1. The minimum absolute atomic E-state index is 0.197. The molecule has 1 aromatic heterocycles. The lowest BCUT2D eigenvalue weighted by molar-refractivity contribution is 0.0698. The molecule has 2 N–H and O–H groups in total. The van der Waals surface area contributed by atoms with Crippen LogP contribution in [0.5, 0.6) is 6.01 Å². The van der Waals surface area contributed by atoms with Gasteiger partial charge in [0.05, 0.1) is 36.3 Å². The van der Waals surface area contributed by atoms with Crippen LogP contribution < -0.4 is 10.3 Å². The van der Waals surface area contributed by atoms with Gasteiger partial charge in [0, 0.05) is 12.6 Å². The van der Waals surface area contributed by atoms with E-state index in [0.29, 0.717) is 36.7 Å². The number of carboxylic acids is 1. The molecule has 41 heavy (non-hydrogen) atoms. The first kappa shape index (κ1) is 26.1. The Morgan fingerprint density at radius 1 is 0.854 bits per heavy atom. The van der Waals surface area contributed by atoms with Gasteiger partial charge in [-0.1, -0.05) is 84.9 Å². The van der Waals surface area contributed by atoms with Gasteiger partial charge in [-0.3, -0.25) is 9.58 Å². The quantitative estimate of drug-likeness (QED) is 0.256. The molecule has 0 atom stereocenters. The van der Waals surface area contributed by atoms with Crippen molar-refractivity contribution in [3.8, 4) is 17.1 Å². The van der Waals surface area contributed by atoms with Crippen LogP contribution in [0, 0.1) is 0 Å². The van der Waals surface area contributed by atoms with Crippen molar-refractivity contribution in [2.75, 3.05) is 13.7 Å². The van der Waals surface area contributed by atoms with Gasteiger partial charge in [-0.05, 0) is 41.3 Å². The molecule has 5 aromatic rings. The summed E-state index contributed by atoms with van der Waals surface area (Å²) in [4.78, 5) is 16.5. The van der Waals surface area contributed by atoms with Gasteiger partial charge >= 0.3 is 5.97 Å². The van der Waals surface area contributed by atoms with E-state index < -0.39 is 5.97 Å². The number of rotatable bonds is 9. The van der Waals surface area contributed by atoms with Crippen molar-refractivity contribution in [3.63, 3.8) is 0 Å². The van der Waals surface area contributed by atoms with Gasteiger partial charge in [-0.25, -0.2) is 9.91 Å². The average molecular weight is 547 g/mol. The molecule has 0 aliphatic carbocycles. The van der Waals surface area contributed by atoms with Crippen molar-refractivity contribution in [2.24, 2.45) is 5.10 Å². The zero-order valence-corrected chi connectivity index (χ0v) is 22.9. The summed E-state index contributed by atoms with van der Waals surface area (Å²) in [6.07, 6.45) is 0. The Hall–Kier alpha value is -5.15. The molecule has 0 saturated carbocycles. The predicted molar refractivity (Wildman–Crippen MR) is 158 cm³/mol. The van der Waals surface area contributed by atoms with Crippen LogP contribution in [-0.4, -0.2) is 50.2 Å². The van der Waals surface area contributed by atoms with Gasteiger partial charge in [0.1, 0.15) is 0 Å². The lowest BCUT2D eigenvalue weighted by atomic mass is 9.97. The van der Waals surface area contributed by atoms with Crippen LogP contribution in [0.15, 0.2) is 102 Å². The van der Waals surface area contributed by atoms with E-state index >= 15 is 0 Å². The molecule has 0 fully saturated rings. The topological polar surface area (TPSA) is 95.2 Å². The summed E-state index contributed by atoms with van der Waals surface area (Å²) in [5.41, 5.74) is 9.94. The summed E-state index contributed by atoms with van der Waals surface area (Å²) in [6, 6.07) is 32.3. The van der Waals surface area contributed by atoms with Crippen LogP contribution in [0.25, 0.3) is 22.2 Å². The zero-order valence-electron chi connectivity index (χ0n) is 22.9. The van der Waals surface area contributed by atoms with E-state index in [9.17, 15) is 9.90 Å². The number of nitrogens with one attached hydrogen (secondary N) is 1. The Kier molecular flexibility index (Phi) is 7.09. The smallest absolute Gasteiger partial charge is 0.337 e. The maximum absolute atomic E-state index is 12.0. The zero-order chi connectivity index (χ0) is 28.3. The molecule has 1 aliphatic rings. The van der Waals surface area contributed by atoms with Crippen molar-refractivity contribution >= 4 is 22.8 Å². The Morgan fingerprint density at radius 2 is 1.56 bits per heavy atom. The van der Waals surface area contributed by atoms with E-state index in [-0.39, 0.29) is 5.56 Å². The van der Waals surface area contributed by atoms with Crippen LogP contribution in [-0.2, 0) is 13.1 Å². The van der Waals surface area contributed by atoms with Crippen molar-refractivity contribution in [1.82, 2.24) is 25.2 Å². The third-order valence-corrected chi connectivity index (χ3v) is 6.96. The van der Waals surface area contributed by atoms with Crippen LogP contribution in [0.4, 0.5) is 0 Å². The maximum Gasteiger partial charge on any atom is 0.337 e. The van der Waals surface area contributed by atoms with E-state index in [1.54, 1.807) is 23.3 Å². The first-order valence-electron chi connectivity index (χ1n) is 13.5. The van der Waals surface area contributed by atoms with Crippen LogP contribution in [0.2, 0.25) is 0 Å². The first-order valence-corrected chi connectivity index (χ1v) is 13.5. The fraction of sp³-hybridized carbons (Fsp3) is 0.156. The Labute approximate surface area is 237 Å². The molecule has 0 unspecified atom stereocenters. The molecular formula is C32H30N6O3. The number of hydrogen-bond donors (Lipinski definition) is 2. The number of hydrazine groups is 2. The van der Waals surface area contributed by atoms with E-state index in [4.69, 9.17) is 9.84 Å². The number of benzene rings is 4. The number of amidine groups is 1. The second-order valence-corrected chi connectivity index (χ2v) is 9.75. The van der Waals surface area contributed by atoms with Crippen molar-refractivity contribution < 1.29 is 14.6 Å². The highest BCUT2D eigenvalue weighted by atomic mass is 16.5. The number of carbonyl (C=O) groups is 1. The third kappa shape index (κ3) is 5.22. The predicted octanol–water partition coefficient (Wildman–Crippen LogP) is 5.38. The summed E-state index contributed by atoms with van der Waals surface area (Å²) in [7, 11) is 1.88. The lowest BCUT2D eigenvalue weighted by Crippen LogP contribution is -2.41. The first-order chi connectivity index (χ1) is 20.0. The molecule has 0 saturated heterocycles. The second kappa shape index (κ2) is 11.1. The van der Waals surface area contributed by atoms with Crippen molar-refractivity contribution in [3.05, 3.63) is 119 Å². The molecule has 0 amide bonds. The van der Waals surface area contributed by atoms with Crippen molar-refractivity contribution in [1.29, 1.82) is 0 Å². The lowest BCUT2D eigenvalue weighted by Gasteiger charge is -2.22. The molecule has 6 rings (SSSR count). The highest BCUT2D eigenvalue weighted by molar-refractivity contribution is 6.04. The number of nitrogens with zero attached hydrogens (tertiary/aromatic N) is 5. The molecule has 0 radical (unpaired) electrons. The van der Waals surface area contributed by atoms with Crippen LogP contribution >= 0.6 is 0 Å². The van der Waals surface area contributed by atoms with Gasteiger partial charge in [-0.2, -0.15) is 4.98 Å². The SMILES string of the molecule is CCOc1nc2cccc(C(=O)O)c2n1Cc1ccc(-c2ccccc2C2=NN(C)NN2Cc2ccccc2)cc1. The van der Waals surface area contributed by atoms with E-state index in [1.807, 2.05) is 53.9 Å². The van der Waals surface area contributed by atoms with E-state index in [2.05, 4.69) is 59.0 Å². The third-order valence-electron chi connectivity index (χ3n) is 6.96. The molecule has 2 heterocycles. The summed E-state index contributed by atoms with van der Waals surface area (Å²) < 4.78 is 7.62. The molecule has 9 heteroatoms. The number of fused-ring (bicyclic) bond motifs is 1. The molecule has 206 valence electrons. The Morgan fingerprint density at radius 3 is 2.29 bits per heavy atom. The molecular weight excluding hydrogens is 516 g/mol. The number of imidazole rings is 1. The second-order valence-electron chi connectivity index (χ2n) is 9.75. The summed E-state index contributed by atoms with van der Waals surface area (Å²) in [6.45, 7) is 3.40. The molecule has 0 spiro atoms. The highest BCUT2D eigenvalue weighted by Crippen LogP contribution is 2.29. The Bertz CT molecular complexity index is 1730. The average Bonchev–Trinajstić information content (AvgIpc) is 3.53. The molecule has 0 bridgehead atoms. The van der Waals surface area contributed by atoms with E-state index in [0.717, 1.165) is 28.1 Å².